The van der Waals surface area contributed by atoms with Crippen LogP contribution in [0.2, 0.25) is 0 Å². The summed E-state index contributed by atoms with van der Waals surface area (Å²) in [5.41, 5.74) is 3.17. The van der Waals surface area contributed by atoms with Crippen LogP contribution in [0.15, 0.2) is 59.3 Å². The SMILES string of the molecule is Cc1cnoc1C(=O)Nc1nn(Cc2ccc(CF)cc2)c2ccccc12. The Kier molecular flexibility index (Phi) is 4.42. The molecule has 0 aliphatic rings. The van der Waals surface area contributed by atoms with E-state index in [1.807, 2.05) is 41.1 Å². The third-order valence-corrected chi connectivity index (χ3v) is 4.35. The molecule has 0 aliphatic carbocycles. The van der Waals surface area contributed by atoms with Crippen LogP contribution >= 0.6 is 0 Å². The topological polar surface area (TPSA) is 73.0 Å². The number of nitrogens with zero attached hydrogens (tertiary/aromatic N) is 3. The van der Waals surface area contributed by atoms with E-state index in [-0.39, 0.29) is 5.76 Å². The molecule has 0 spiro atoms. The van der Waals surface area contributed by atoms with Gasteiger partial charge in [0.1, 0.15) is 6.67 Å². The smallest absolute Gasteiger partial charge is 0.295 e. The van der Waals surface area contributed by atoms with E-state index in [2.05, 4.69) is 15.6 Å². The molecule has 7 heteroatoms. The van der Waals surface area contributed by atoms with Gasteiger partial charge in [-0.3, -0.25) is 9.48 Å². The summed E-state index contributed by atoms with van der Waals surface area (Å²) in [6, 6.07) is 14.9. The average molecular weight is 364 g/mol. The molecule has 0 saturated carbocycles. The first-order valence-electron chi connectivity index (χ1n) is 8.47. The number of hydrogen-bond acceptors (Lipinski definition) is 4. The Morgan fingerprint density at radius 2 is 1.89 bits per heavy atom. The summed E-state index contributed by atoms with van der Waals surface area (Å²) >= 11 is 0. The van der Waals surface area contributed by atoms with Gasteiger partial charge < -0.3 is 9.84 Å². The van der Waals surface area contributed by atoms with Crippen LogP contribution in [0, 0.1) is 6.92 Å². The first kappa shape index (κ1) is 17.0. The number of halogens is 1. The third-order valence-electron chi connectivity index (χ3n) is 4.35. The van der Waals surface area contributed by atoms with E-state index in [4.69, 9.17) is 4.52 Å². The van der Waals surface area contributed by atoms with Crippen molar-refractivity contribution in [2.75, 3.05) is 5.32 Å². The number of rotatable bonds is 5. The van der Waals surface area contributed by atoms with Gasteiger partial charge in [0.25, 0.3) is 5.91 Å². The van der Waals surface area contributed by atoms with Gasteiger partial charge >= 0.3 is 0 Å². The molecular weight excluding hydrogens is 347 g/mol. The molecule has 0 bridgehead atoms. The number of alkyl halides is 1. The number of carbonyl (C=O) groups is 1. The van der Waals surface area contributed by atoms with Crippen LogP contribution in [0.5, 0.6) is 0 Å². The molecule has 4 rings (SSSR count). The lowest BCUT2D eigenvalue weighted by molar-refractivity contribution is 0.0986. The highest BCUT2D eigenvalue weighted by atomic mass is 19.1. The Labute approximate surface area is 154 Å². The average Bonchev–Trinajstić information content (AvgIpc) is 3.27. The van der Waals surface area contributed by atoms with Crippen molar-refractivity contribution < 1.29 is 13.7 Å². The number of aryl methyl sites for hydroxylation is 1. The summed E-state index contributed by atoms with van der Waals surface area (Å²) < 4.78 is 19.5. The molecule has 27 heavy (non-hydrogen) atoms. The number of para-hydroxylation sites is 1. The summed E-state index contributed by atoms with van der Waals surface area (Å²) in [6.07, 6.45) is 1.49. The van der Waals surface area contributed by atoms with Crippen molar-refractivity contribution in [2.45, 2.75) is 20.1 Å². The normalized spacial score (nSPS) is 11.0. The summed E-state index contributed by atoms with van der Waals surface area (Å²) in [6.45, 7) is 1.77. The van der Waals surface area contributed by atoms with Crippen LogP contribution in [0.1, 0.15) is 27.2 Å². The number of fused-ring (bicyclic) bond motifs is 1. The summed E-state index contributed by atoms with van der Waals surface area (Å²) in [4.78, 5) is 12.4. The monoisotopic (exact) mass is 364 g/mol. The molecule has 2 heterocycles. The van der Waals surface area contributed by atoms with Crippen molar-refractivity contribution in [2.24, 2.45) is 0 Å². The summed E-state index contributed by atoms with van der Waals surface area (Å²) in [7, 11) is 0. The van der Waals surface area contributed by atoms with Crippen LogP contribution < -0.4 is 5.32 Å². The zero-order valence-corrected chi connectivity index (χ0v) is 14.6. The van der Waals surface area contributed by atoms with Crippen molar-refractivity contribution >= 4 is 22.6 Å². The molecule has 0 unspecified atom stereocenters. The number of aromatic nitrogens is 3. The van der Waals surface area contributed by atoms with Crippen LogP contribution in [0.4, 0.5) is 10.2 Å². The Balaban J connectivity index is 1.66. The Hall–Kier alpha value is -3.48. The van der Waals surface area contributed by atoms with E-state index in [1.54, 1.807) is 19.1 Å². The summed E-state index contributed by atoms with van der Waals surface area (Å²) in [5.74, 6) is 0.218. The zero-order valence-electron chi connectivity index (χ0n) is 14.6. The fourth-order valence-electron chi connectivity index (χ4n) is 2.92. The number of nitrogens with one attached hydrogen (secondary N) is 1. The number of anilines is 1. The number of benzene rings is 2. The molecule has 2 aromatic carbocycles. The van der Waals surface area contributed by atoms with Crippen molar-refractivity contribution in [3.63, 3.8) is 0 Å². The molecule has 2 aromatic heterocycles. The minimum Gasteiger partial charge on any atom is -0.351 e. The predicted molar refractivity (Wildman–Crippen MR) is 99.3 cm³/mol. The Morgan fingerprint density at radius 1 is 1.15 bits per heavy atom. The lowest BCUT2D eigenvalue weighted by Gasteiger charge is -2.04. The van der Waals surface area contributed by atoms with Gasteiger partial charge in [-0.15, -0.1) is 0 Å². The maximum atomic E-state index is 12.7. The second kappa shape index (κ2) is 7.03. The molecule has 4 aromatic rings. The zero-order chi connectivity index (χ0) is 18.8. The van der Waals surface area contributed by atoms with Gasteiger partial charge in [0, 0.05) is 10.9 Å². The minimum atomic E-state index is -0.484. The second-order valence-corrected chi connectivity index (χ2v) is 6.27. The van der Waals surface area contributed by atoms with E-state index >= 15 is 0 Å². The van der Waals surface area contributed by atoms with Crippen LogP contribution in [0.25, 0.3) is 10.9 Å². The molecule has 0 aliphatic heterocycles. The summed E-state index contributed by atoms with van der Waals surface area (Å²) in [5, 5.41) is 11.8. The van der Waals surface area contributed by atoms with Crippen molar-refractivity contribution in [3.05, 3.63) is 77.2 Å². The Bertz CT molecular complexity index is 1100. The molecule has 0 saturated heterocycles. The second-order valence-electron chi connectivity index (χ2n) is 6.27. The van der Waals surface area contributed by atoms with Gasteiger partial charge in [0.15, 0.2) is 5.82 Å². The van der Waals surface area contributed by atoms with E-state index < -0.39 is 12.6 Å². The fourth-order valence-corrected chi connectivity index (χ4v) is 2.92. The maximum absolute atomic E-state index is 12.7. The van der Waals surface area contributed by atoms with Gasteiger partial charge in [0.05, 0.1) is 18.3 Å². The highest BCUT2D eigenvalue weighted by molar-refractivity contribution is 6.07. The van der Waals surface area contributed by atoms with Gasteiger partial charge in [-0.1, -0.05) is 41.6 Å². The minimum absolute atomic E-state index is 0.162. The molecule has 0 fully saturated rings. The standard InChI is InChI=1S/C20H17FN4O2/c1-13-11-22-27-18(13)20(26)23-19-16-4-2-3-5-17(16)25(24-19)12-15-8-6-14(10-21)7-9-15/h2-9,11H,10,12H2,1H3,(H,23,24,26). The van der Waals surface area contributed by atoms with E-state index in [9.17, 15) is 9.18 Å². The molecule has 1 amide bonds. The number of carbonyl (C=O) groups excluding carboxylic acids is 1. The quantitative estimate of drug-likeness (QED) is 0.579. The van der Waals surface area contributed by atoms with Crippen LogP contribution in [-0.2, 0) is 13.2 Å². The van der Waals surface area contributed by atoms with Gasteiger partial charge in [-0.05, 0) is 30.2 Å². The predicted octanol–water partition coefficient (Wildman–Crippen LogP) is 4.10. The number of amides is 1. The fraction of sp³-hybridized carbons (Fsp3) is 0.150. The molecule has 6 nitrogen and oxygen atoms in total. The molecular formula is C20H17FN4O2. The molecule has 0 atom stereocenters. The lowest BCUT2D eigenvalue weighted by Crippen LogP contribution is -2.13. The first-order chi connectivity index (χ1) is 13.2. The molecule has 136 valence electrons. The lowest BCUT2D eigenvalue weighted by atomic mass is 10.1. The van der Waals surface area contributed by atoms with Crippen molar-refractivity contribution in [3.8, 4) is 0 Å². The van der Waals surface area contributed by atoms with Gasteiger partial charge in [-0.25, -0.2) is 4.39 Å². The third kappa shape index (κ3) is 3.31. The van der Waals surface area contributed by atoms with Crippen LogP contribution in [0.3, 0.4) is 0 Å². The van der Waals surface area contributed by atoms with Crippen molar-refractivity contribution in [1.29, 1.82) is 0 Å². The van der Waals surface area contributed by atoms with Gasteiger partial charge in [0.2, 0.25) is 5.76 Å². The maximum Gasteiger partial charge on any atom is 0.295 e. The highest BCUT2D eigenvalue weighted by Gasteiger charge is 2.18. The highest BCUT2D eigenvalue weighted by Crippen LogP contribution is 2.24. The molecule has 1 N–H and O–H groups in total. The van der Waals surface area contributed by atoms with Crippen LogP contribution in [-0.4, -0.2) is 20.8 Å². The first-order valence-corrected chi connectivity index (χ1v) is 8.47. The van der Waals surface area contributed by atoms with Gasteiger partial charge in [-0.2, -0.15) is 5.10 Å². The van der Waals surface area contributed by atoms with Crippen molar-refractivity contribution in [1.82, 2.24) is 14.9 Å². The van der Waals surface area contributed by atoms with E-state index in [1.165, 1.54) is 6.20 Å². The Morgan fingerprint density at radius 3 is 2.59 bits per heavy atom. The van der Waals surface area contributed by atoms with E-state index in [0.717, 1.165) is 16.5 Å². The number of hydrogen-bond donors (Lipinski definition) is 1. The van der Waals surface area contributed by atoms with E-state index in [0.29, 0.717) is 23.5 Å². The molecule has 0 radical (unpaired) electrons. The largest absolute Gasteiger partial charge is 0.351 e.